The summed E-state index contributed by atoms with van der Waals surface area (Å²) in [6.07, 6.45) is 0. The van der Waals surface area contributed by atoms with Crippen LogP contribution in [0.15, 0.2) is 35.2 Å². The zero-order valence-corrected chi connectivity index (χ0v) is 12.3. The highest BCUT2D eigenvalue weighted by Gasteiger charge is 2.18. The van der Waals surface area contributed by atoms with Crippen molar-refractivity contribution in [3.05, 3.63) is 47.3 Å². The zero-order chi connectivity index (χ0) is 15.8. The number of aryl methyl sites for hydroxylation is 2. The van der Waals surface area contributed by atoms with E-state index >= 15 is 0 Å². The molecule has 2 aromatic rings. The summed E-state index contributed by atoms with van der Waals surface area (Å²) in [5.74, 6) is -0.660. The average Bonchev–Trinajstić information content (AvgIpc) is 2.39. The molecule has 0 aliphatic carbocycles. The fourth-order valence-corrected chi connectivity index (χ4v) is 2.97. The van der Waals surface area contributed by atoms with E-state index in [2.05, 4.69) is 4.72 Å². The van der Waals surface area contributed by atoms with Crippen LogP contribution in [-0.4, -0.2) is 13.5 Å². The molecule has 21 heavy (non-hydrogen) atoms. The number of halogens is 1. The molecule has 4 N–H and O–H groups in total. The van der Waals surface area contributed by atoms with E-state index in [1.807, 2.05) is 0 Å². The predicted octanol–water partition coefficient (Wildman–Crippen LogP) is 2.53. The molecule has 0 saturated carbocycles. The largest absolute Gasteiger partial charge is 0.508 e. The third kappa shape index (κ3) is 3.08. The molecule has 0 aliphatic rings. The van der Waals surface area contributed by atoms with Crippen LogP contribution < -0.4 is 10.5 Å². The first kappa shape index (κ1) is 15.1. The highest BCUT2D eigenvalue weighted by atomic mass is 32.2. The molecule has 0 radical (unpaired) electrons. The standard InChI is InChI=1S/C14H15FN2O3S/c1-8-3-4-10(6-13(8)18)17-21(19,20)11-5-9(2)14(15)12(16)7-11/h3-7,17-18H,16H2,1-2H3. The van der Waals surface area contributed by atoms with Crippen molar-refractivity contribution in [1.82, 2.24) is 0 Å². The number of aromatic hydroxyl groups is 1. The molecular weight excluding hydrogens is 295 g/mol. The van der Waals surface area contributed by atoms with Crippen LogP contribution in [0.25, 0.3) is 0 Å². The van der Waals surface area contributed by atoms with Crippen molar-refractivity contribution in [2.45, 2.75) is 18.7 Å². The number of benzene rings is 2. The first-order chi connectivity index (χ1) is 9.70. The summed E-state index contributed by atoms with van der Waals surface area (Å²) < 4.78 is 40.2. The second-order valence-electron chi connectivity index (χ2n) is 4.75. The quantitative estimate of drug-likeness (QED) is 0.760. The molecule has 0 amide bonds. The van der Waals surface area contributed by atoms with Gasteiger partial charge in [-0.25, -0.2) is 12.8 Å². The van der Waals surface area contributed by atoms with E-state index in [-0.39, 0.29) is 27.6 Å². The van der Waals surface area contributed by atoms with Gasteiger partial charge in [-0.3, -0.25) is 4.72 Å². The van der Waals surface area contributed by atoms with Gasteiger partial charge in [-0.2, -0.15) is 0 Å². The number of sulfonamides is 1. The average molecular weight is 310 g/mol. The highest BCUT2D eigenvalue weighted by molar-refractivity contribution is 7.92. The van der Waals surface area contributed by atoms with Gasteiger partial charge in [0, 0.05) is 6.07 Å². The fourth-order valence-electron chi connectivity index (χ4n) is 1.80. The Balaban J connectivity index is 2.40. The Morgan fingerprint density at radius 3 is 2.38 bits per heavy atom. The Morgan fingerprint density at radius 1 is 1.14 bits per heavy atom. The molecule has 0 bridgehead atoms. The van der Waals surface area contributed by atoms with Crippen molar-refractivity contribution in [3.8, 4) is 5.75 Å². The maximum absolute atomic E-state index is 13.4. The molecule has 2 aromatic carbocycles. The highest BCUT2D eigenvalue weighted by Crippen LogP contribution is 2.25. The van der Waals surface area contributed by atoms with Gasteiger partial charge in [0.25, 0.3) is 10.0 Å². The van der Waals surface area contributed by atoms with E-state index in [0.717, 1.165) is 6.07 Å². The number of nitrogens with one attached hydrogen (secondary N) is 1. The van der Waals surface area contributed by atoms with E-state index in [0.29, 0.717) is 5.56 Å². The van der Waals surface area contributed by atoms with Crippen molar-refractivity contribution in [2.24, 2.45) is 0 Å². The number of anilines is 2. The van der Waals surface area contributed by atoms with E-state index in [4.69, 9.17) is 5.73 Å². The minimum absolute atomic E-state index is 0.0231. The molecule has 0 aliphatic heterocycles. The van der Waals surface area contributed by atoms with E-state index in [1.165, 1.54) is 25.1 Å². The number of phenols is 1. The van der Waals surface area contributed by atoms with Crippen LogP contribution >= 0.6 is 0 Å². The van der Waals surface area contributed by atoms with Crippen LogP contribution in [0, 0.1) is 19.7 Å². The maximum Gasteiger partial charge on any atom is 0.261 e. The van der Waals surface area contributed by atoms with Gasteiger partial charge in [0.1, 0.15) is 11.6 Å². The Morgan fingerprint density at radius 2 is 1.81 bits per heavy atom. The second-order valence-corrected chi connectivity index (χ2v) is 6.43. The van der Waals surface area contributed by atoms with Crippen LogP contribution in [0.4, 0.5) is 15.8 Å². The summed E-state index contributed by atoms with van der Waals surface area (Å²) in [4.78, 5) is -0.140. The summed E-state index contributed by atoms with van der Waals surface area (Å²) in [6.45, 7) is 3.13. The minimum atomic E-state index is -3.91. The molecular formula is C14H15FN2O3S. The number of phenolic OH excluding ortho intramolecular Hbond substituents is 1. The third-order valence-corrected chi connectivity index (χ3v) is 4.39. The normalized spacial score (nSPS) is 11.4. The monoisotopic (exact) mass is 310 g/mol. The van der Waals surface area contributed by atoms with Crippen LogP contribution in [0.1, 0.15) is 11.1 Å². The third-order valence-electron chi connectivity index (χ3n) is 3.03. The lowest BCUT2D eigenvalue weighted by molar-refractivity contribution is 0.471. The molecule has 2 rings (SSSR count). The zero-order valence-electron chi connectivity index (χ0n) is 11.5. The Kier molecular flexibility index (Phi) is 3.78. The first-order valence-corrected chi connectivity index (χ1v) is 7.57. The Labute approximate surface area is 122 Å². The first-order valence-electron chi connectivity index (χ1n) is 6.09. The molecule has 7 heteroatoms. The molecule has 0 saturated heterocycles. The number of rotatable bonds is 3. The molecule has 0 atom stereocenters. The Bertz CT molecular complexity index is 781. The smallest absolute Gasteiger partial charge is 0.261 e. The molecule has 0 fully saturated rings. The molecule has 112 valence electrons. The summed E-state index contributed by atoms with van der Waals surface area (Å²) in [7, 11) is -3.91. The van der Waals surface area contributed by atoms with Crippen molar-refractivity contribution in [3.63, 3.8) is 0 Å². The van der Waals surface area contributed by atoms with Crippen LogP contribution in [0.3, 0.4) is 0 Å². The molecule has 0 heterocycles. The van der Waals surface area contributed by atoms with E-state index < -0.39 is 15.8 Å². The number of hydrogen-bond donors (Lipinski definition) is 3. The summed E-state index contributed by atoms with van der Waals surface area (Å²) >= 11 is 0. The molecule has 0 aromatic heterocycles. The summed E-state index contributed by atoms with van der Waals surface area (Å²) in [5.41, 5.74) is 6.19. The second kappa shape index (κ2) is 5.25. The number of nitrogens with two attached hydrogens (primary N) is 1. The fraction of sp³-hybridized carbons (Fsp3) is 0.143. The van der Waals surface area contributed by atoms with Gasteiger partial charge in [0.2, 0.25) is 0 Å². The van der Waals surface area contributed by atoms with Crippen molar-refractivity contribution < 1.29 is 17.9 Å². The topological polar surface area (TPSA) is 92.4 Å². The van der Waals surface area contributed by atoms with Crippen molar-refractivity contribution >= 4 is 21.4 Å². The van der Waals surface area contributed by atoms with Gasteiger partial charge >= 0.3 is 0 Å². The molecule has 5 nitrogen and oxygen atoms in total. The Hall–Kier alpha value is -2.28. The van der Waals surface area contributed by atoms with Crippen LogP contribution in [0.5, 0.6) is 5.75 Å². The van der Waals surface area contributed by atoms with Crippen molar-refractivity contribution in [1.29, 1.82) is 0 Å². The lowest BCUT2D eigenvalue weighted by atomic mass is 10.2. The minimum Gasteiger partial charge on any atom is -0.508 e. The van der Waals surface area contributed by atoms with Gasteiger partial charge in [-0.1, -0.05) is 6.07 Å². The maximum atomic E-state index is 13.4. The number of hydrogen-bond acceptors (Lipinski definition) is 4. The van der Waals surface area contributed by atoms with Crippen molar-refractivity contribution in [2.75, 3.05) is 10.5 Å². The molecule has 0 spiro atoms. The van der Waals surface area contributed by atoms with Gasteiger partial charge < -0.3 is 10.8 Å². The van der Waals surface area contributed by atoms with Gasteiger partial charge in [0.15, 0.2) is 0 Å². The lowest BCUT2D eigenvalue weighted by Crippen LogP contribution is -2.14. The number of nitrogen functional groups attached to an aromatic ring is 1. The SMILES string of the molecule is Cc1ccc(NS(=O)(=O)c2cc(C)c(F)c(N)c2)cc1O. The van der Waals surface area contributed by atoms with E-state index in [9.17, 15) is 17.9 Å². The van der Waals surface area contributed by atoms with Gasteiger partial charge in [0.05, 0.1) is 16.3 Å². The van der Waals surface area contributed by atoms with Crippen LogP contribution in [-0.2, 0) is 10.0 Å². The van der Waals surface area contributed by atoms with Gasteiger partial charge in [-0.15, -0.1) is 0 Å². The molecule has 0 unspecified atom stereocenters. The predicted molar refractivity (Wildman–Crippen MR) is 79.2 cm³/mol. The van der Waals surface area contributed by atoms with Crippen LogP contribution in [0.2, 0.25) is 0 Å². The van der Waals surface area contributed by atoms with Gasteiger partial charge in [-0.05, 0) is 43.2 Å². The summed E-state index contributed by atoms with van der Waals surface area (Å²) in [5, 5.41) is 9.59. The lowest BCUT2D eigenvalue weighted by Gasteiger charge is -2.11. The summed E-state index contributed by atoms with van der Waals surface area (Å²) in [6, 6.07) is 6.65. The van der Waals surface area contributed by atoms with E-state index in [1.54, 1.807) is 13.0 Å².